The Morgan fingerprint density at radius 3 is 2.81 bits per heavy atom. The number of rotatable bonds is 9. The molecule has 5 nitrogen and oxygen atoms in total. The second-order valence-corrected chi connectivity index (χ2v) is 6.77. The Hall–Kier alpha value is -2.60. The highest BCUT2D eigenvalue weighted by Crippen LogP contribution is 2.16. The van der Waals surface area contributed by atoms with Crippen molar-refractivity contribution in [2.45, 2.75) is 26.4 Å². The van der Waals surface area contributed by atoms with Gasteiger partial charge in [-0.3, -0.25) is 4.79 Å². The van der Waals surface area contributed by atoms with E-state index in [4.69, 9.17) is 9.47 Å². The minimum absolute atomic E-state index is 0.0968. The summed E-state index contributed by atoms with van der Waals surface area (Å²) in [5.41, 5.74) is 0.864. The van der Waals surface area contributed by atoms with Crippen molar-refractivity contribution in [3.8, 4) is 5.75 Å². The highest BCUT2D eigenvalue weighted by Gasteiger charge is 2.05. The second-order valence-electron chi connectivity index (χ2n) is 5.83. The summed E-state index contributed by atoms with van der Waals surface area (Å²) in [6, 6.07) is 11.1. The zero-order valence-electron chi connectivity index (χ0n) is 14.9. The van der Waals surface area contributed by atoms with Crippen LogP contribution in [0.1, 0.15) is 35.5 Å². The van der Waals surface area contributed by atoms with Gasteiger partial charge in [-0.1, -0.05) is 18.2 Å². The van der Waals surface area contributed by atoms with Gasteiger partial charge in [0.25, 0.3) is 5.91 Å². The molecule has 0 radical (unpaired) electrons. The lowest BCUT2D eigenvalue weighted by atomic mass is 10.2. The van der Waals surface area contributed by atoms with Crippen molar-refractivity contribution in [3.05, 3.63) is 58.3 Å². The van der Waals surface area contributed by atoms with Crippen molar-refractivity contribution >= 4 is 29.3 Å². The molecule has 138 valence electrons. The lowest BCUT2D eigenvalue weighted by Gasteiger charge is -2.09. The fourth-order valence-electron chi connectivity index (χ4n) is 2.12. The number of ether oxygens (including phenoxy) is 2. The average molecular weight is 373 g/mol. The normalized spacial score (nSPS) is 10.9. The van der Waals surface area contributed by atoms with Gasteiger partial charge in [0.05, 0.1) is 17.6 Å². The summed E-state index contributed by atoms with van der Waals surface area (Å²) < 4.78 is 10.7. The topological polar surface area (TPSA) is 64.6 Å². The Balaban J connectivity index is 1.67. The smallest absolute Gasteiger partial charge is 0.330 e. The molecular weight excluding hydrogens is 350 g/mol. The molecular formula is C20H23NO4S. The lowest BCUT2D eigenvalue weighted by molar-refractivity contribution is -0.137. The standard InChI is InChI=1S/C20H23NO4S/c1-15(2)25-17-7-3-6-16(14-17)9-10-19(22)24-12-5-11-21-20(23)18-8-4-13-26-18/h3-4,6-10,13-15H,5,11-12H2,1-2H3,(H,21,23)/b10-9+. The van der Waals surface area contributed by atoms with Crippen LogP contribution in [0.3, 0.4) is 0 Å². The van der Waals surface area contributed by atoms with E-state index in [-0.39, 0.29) is 18.6 Å². The number of hydrogen-bond acceptors (Lipinski definition) is 5. The first kappa shape index (κ1) is 19.7. The molecule has 1 N–H and O–H groups in total. The van der Waals surface area contributed by atoms with Crippen LogP contribution in [0.4, 0.5) is 0 Å². The van der Waals surface area contributed by atoms with Gasteiger partial charge in [0, 0.05) is 12.6 Å². The van der Waals surface area contributed by atoms with Gasteiger partial charge >= 0.3 is 5.97 Å². The first-order valence-corrected chi connectivity index (χ1v) is 9.36. The van der Waals surface area contributed by atoms with Crippen LogP contribution >= 0.6 is 11.3 Å². The third-order valence-corrected chi connectivity index (χ3v) is 4.11. The number of carbonyl (C=O) groups is 2. The first-order chi connectivity index (χ1) is 12.5. The quantitative estimate of drug-likeness (QED) is 0.411. The average Bonchev–Trinajstić information content (AvgIpc) is 3.14. The molecule has 1 amide bonds. The van der Waals surface area contributed by atoms with Crippen LogP contribution < -0.4 is 10.1 Å². The Bertz CT molecular complexity index is 738. The number of carbonyl (C=O) groups excluding carboxylic acids is 2. The monoisotopic (exact) mass is 373 g/mol. The molecule has 1 aromatic carbocycles. The number of hydrogen-bond donors (Lipinski definition) is 1. The minimum atomic E-state index is -0.412. The largest absolute Gasteiger partial charge is 0.491 e. The summed E-state index contributed by atoms with van der Waals surface area (Å²) in [5, 5.41) is 4.64. The van der Waals surface area contributed by atoms with Crippen LogP contribution in [0.2, 0.25) is 0 Å². The molecule has 0 unspecified atom stereocenters. The lowest BCUT2D eigenvalue weighted by Crippen LogP contribution is -2.24. The van der Waals surface area contributed by atoms with Gasteiger partial charge in [0.15, 0.2) is 0 Å². The maximum atomic E-state index is 11.7. The van der Waals surface area contributed by atoms with E-state index in [1.807, 2.05) is 49.6 Å². The zero-order valence-corrected chi connectivity index (χ0v) is 15.8. The number of esters is 1. The molecule has 0 bridgehead atoms. The van der Waals surface area contributed by atoms with Gasteiger partial charge < -0.3 is 14.8 Å². The Morgan fingerprint density at radius 1 is 1.23 bits per heavy atom. The molecule has 2 aromatic rings. The number of thiophene rings is 1. The Morgan fingerprint density at radius 2 is 2.08 bits per heavy atom. The molecule has 1 aromatic heterocycles. The SMILES string of the molecule is CC(C)Oc1cccc(/C=C/C(=O)OCCCNC(=O)c2cccs2)c1. The molecule has 0 saturated carbocycles. The molecule has 1 heterocycles. The van der Waals surface area contributed by atoms with Crippen LogP contribution in [0.25, 0.3) is 6.08 Å². The van der Waals surface area contributed by atoms with Crippen molar-refractivity contribution in [2.75, 3.05) is 13.2 Å². The van der Waals surface area contributed by atoms with E-state index in [1.165, 1.54) is 17.4 Å². The third kappa shape index (κ3) is 7.11. The van der Waals surface area contributed by atoms with Crippen molar-refractivity contribution < 1.29 is 19.1 Å². The third-order valence-electron chi connectivity index (χ3n) is 3.24. The van der Waals surface area contributed by atoms with E-state index < -0.39 is 5.97 Å². The molecule has 0 aliphatic carbocycles. The van der Waals surface area contributed by atoms with Gasteiger partial charge in [-0.25, -0.2) is 4.79 Å². The van der Waals surface area contributed by atoms with Crippen molar-refractivity contribution in [3.63, 3.8) is 0 Å². The van der Waals surface area contributed by atoms with E-state index in [0.29, 0.717) is 17.8 Å². The number of nitrogens with one attached hydrogen (secondary N) is 1. The predicted octanol–water partition coefficient (Wildman–Crippen LogP) is 3.91. The van der Waals surface area contributed by atoms with E-state index in [9.17, 15) is 9.59 Å². The molecule has 0 fully saturated rings. The highest BCUT2D eigenvalue weighted by atomic mass is 32.1. The van der Waals surface area contributed by atoms with Crippen molar-refractivity contribution in [1.82, 2.24) is 5.32 Å². The highest BCUT2D eigenvalue weighted by molar-refractivity contribution is 7.12. The van der Waals surface area contributed by atoms with Crippen LogP contribution in [0.5, 0.6) is 5.75 Å². The number of benzene rings is 1. The molecule has 0 saturated heterocycles. The fourth-order valence-corrected chi connectivity index (χ4v) is 2.76. The van der Waals surface area contributed by atoms with Crippen molar-refractivity contribution in [2.24, 2.45) is 0 Å². The number of amides is 1. The summed E-state index contributed by atoms with van der Waals surface area (Å²) in [5.74, 6) is 0.247. The molecule has 0 atom stereocenters. The molecule has 26 heavy (non-hydrogen) atoms. The first-order valence-electron chi connectivity index (χ1n) is 8.48. The summed E-state index contributed by atoms with van der Waals surface area (Å²) in [4.78, 5) is 24.1. The van der Waals surface area contributed by atoms with Crippen LogP contribution in [-0.4, -0.2) is 31.1 Å². The fraction of sp³-hybridized carbons (Fsp3) is 0.300. The van der Waals surface area contributed by atoms with Crippen LogP contribution in [0.15, 0.2) is 47.9 Å². The Kier molecular flexibility index (Phi) is 7.89. The van der Waals surface area contributed by atoms with E-state index >= 15 is 0 Å². The molecule has 6 heteroatoms. The predicted molar refractivity (Wildman–Crippen MR) is 103 cm³/mol. The van der Waals surface area contributed by atoms with Gasteiger partial charge in [-0.05, 0) is 55.5 Å². The van der Waals surface area contributed by atoms with Crippen molar-refractivity contribution in [1.29, 1.82) is 0 Å². The van der Waals surface area contributed by atoms with E-state index in [0.717, 1.165) is 11.3 Å². The van der Waals surface area contributed by atoms with Gasteiger partial charge in [-0.15, -0.1) is 11.3 Å². The van der Waals surface area contributed by atoms with Crippen LogP contribution in [0, 0.1) is 0 Å². The van der Waals surface area contributed by atoms with Gasteiger partial charge in [0.1, 0.15) is 5.75 Å². The summed E-state index contributed by atoms with van der Waals surface area (Å²) in [6.45, 7) is 4.64. The zero-order chi connectivity index (χ0) is 18.8. The summed E-state index contributed by atoms with van der Waals surface area (Å²) >= 11 is 1.39. The maximum Gasteiger partial charge on any atom is 0.330 e. The molecule has 0 spiro atoms. The second kappa shape index (κ2) is 10.4. The maximum absolute atomic E-state index is 11.7. The molecule has 2 rings (SSSR count). The molecule has 0 aliphatic heterocycles. The summed E-state index contributed by atoms with van der Waals surface area (Å²) in [6.07, 6.45) is 3.74. The van der Waals surface area contributed by atoms with Gasteiger partial charge in [-0.2, -0.15) is 0 Å². The Labute approximate surface area is 157 Å². The van der Waals surface area contributed by atoms with Crippen LogP contribution in [-0.2, 0) is 9.53 Å². The van der Waals surface area contributed by atoms with E-state index in [1.54, 1.807) is 12.1 Å². The molecule has 0 aliphatic rings. The minimum Gasteiger partial charge on any atom is -0.491 e. The summed E-state index contributed by atoms with van der Waals surface area (Å²) in [7, 11) is 0. The van der Waals surface area contributed by atoms with E-state index in [2.05, 4.69) is 5.32 Å². The van der Waals surface area contributed by atoms with Gasteiger partial charge in [0.2, 0.25) is 0 Å².